The zero-order valence-corrected chi connectivity index (χ0v) is 10.6. The van der Waals surface area contributed by atoms with Crippen LogP contribution in [0, 0.1) is 0 Å². The molecule has 0 radical (unpaired) electrons. The minimum Gasteiger partial charge on any atom is -0.360 e. The van der Waals surface area contributed by atoms with Crippen LogP contribution in [0.1, 0.15) is 12.0 Å². The monoisotopic (exact) mass is 246 g/mol. The van der Waals surface area contributed by atoms with Crippen LogP contribution in [-0.2, 0) is 16.0 Å². The molecule has 1 aliphatic heterocycles. The van der Waals surface area contributed by atoms with Crippen molar-refractivity contribution in [3.05, 3.63) is 29.8 Å². The van der Waals surface area contributed by atoms with Gasteiger partial charge in [-0.1, -0.05) is 12.1 Å². The van der Waals surface area contributed by atoms with Crippen LogP contribution in [-0.4, -0.2) is 43.8 Å². The van der Waals surface area contributed by atoms with Crippen molar-refractivity contribution in [1.29, 1.82) is 0 Å². The molecule has 4 heteroatoms. The molecule has 2 rings (SSSR count). The molecule has 0 saturated carbocycles. The third-order valence-corrected chi connectivity index (χ3v) is 3.31. The van der Waals surface area contributed by atoms with Crippen LogP contribution in [0.2, 0.25) is 0 Å². The largest absolute Gasteiger partial charge is 0.360 e. The quantitative estimate of drug-likeness (QED) is 0.747. The van der Waals surface area contributed by atoms with Gasteiger partial charge in [0, 0.05) is 32.2 Å². The second-order valence-corrected chi connectivity index (χ2v) is 4.61. The van der Waals surface area contributed by atoms with Crippen LogP contribution < -0.4 is 4.90 Å². The zero-order valence-electron chi connectivity index (χ0n) is 10.6. The smallest absolute Gasteiger partial charge is 0.241 e. The first kappa shape index (κ1) is 12.6. The van der Waals surface area contributed by atoms with Crippen LogP contribution >= 0.6 is 0 Å². The van der Waals surface area contributed by atoms with E-state index in [0.717, 1.165) is 37.0 Å². The maximum absolute atomic E-state index is 11.6. The molecule has 0 N–H and O–H groups in total. The van der Waals surface area contributed by atoms with E-state index >= 15 is 0 Å². The highest BCUT2D eigenvalue weighted by atomic mass is 16.2. The molecule has 1 saturated heterocycles. The number of carbonyl (C=O) groups excluding carboxylic acids is 2. The van der Waals surface area contributed by atoms with E-state index in [2.05, 4.69) is 4.90 Å². The number of hydrogen-bond donors (Lipinski definition) is 0. The van der Waals surface area contributed by atoms with E-state index < -0.39 is 0 Å². The van der Waals surface area contributed by atoms with Gasteiger partial charge < -0.3 is 14.6 Å². The Bertz CT molecular complexity index is 428. The van der Waals surface area contributed by atoms with Gasteiger partial charge in [0.1, 0.15) is 6.29 Å². The number of piperazine rings is 1. The highest BCUT2D eigenvalue weighted by Crippen LogP contribution is 2.17. The topological polar surface area (TPSA) is 40.6 Å². The second kappa shape index (κ2) is 5.67. The van der Waals surface area contributed by atoms with Crippen molar-refractivity contribution < 1.29 is 9.59 Å². The number of hydrogen-bond acceptors (Lipinski definition) is 3. The maximum atomic E-state index is 11.6. The van der Waals surface area contributed by atoms with E-state index in [0.29, 0.717) is 13.0 Å². The molecular formula is C14H18N2O2. The average molecular weight is 246 g/mol. The van der Waals surface area contributed by atoms with Crippen molar-refractivity contribution >= 4 is 17.9 Å². The third-order valence-electron chi connectivity index (χ3n) is 3.31. The Hall–Kier alpha value is -1.84. The lowest BCUT2D eigenvalue weighted by Gasteiger charge is -2.33. The average Bonchev–Trinajstić information content (AvgIpc) is 2.40. The van der Waals surface area contributed by atoms with E-state index in [4.69, 9.17) is 0 Å². The van der Waals surface area contributed by atoms with Gasteiger partial charge in [0.05, 0.1) is 6.54 Å². The Morgan fingerprint density at radius 2 is 1.94 bits per heavy atom. The number of aldehydes is 1. The first-order valence-corrected chi connectivity index (χ1v) is 6.22. The lowest BCUT2D eigenvalue weighted by molar-refractivity contribution is -0.129. The molecule has 4 nitrogen and oxygen atoms in total. The fourth-order valence-corrected chi connectivity index (χ4v) is 2.08. The standard InChI is InChI=1S/C14H18N2O2/c1-15-8-9-16(11-14(15)18)13-6-4-12(5-7-13)3-2-10-17/h4-7,10H,2-3,8-9,11H2,1H3. The van der Waals surface area contributed by atoms with Crippen molar-refractivity contribution in [2.75, 3.05) is 31.6 Å². The van der Waals surface area contributed by atoms with Gasteiger partial charge >= 0.3 is 0 Å². The number of nitrogens with zero attached hydrogens (tertiary/aromatic N) is 2. The van der Waals surface area contributed by atoms with Crippen molar-refractivity contribution in [2.24, 2.45) is 0 Å². The van der Waals surface area contributed by atoms with Gasteiger partial charge in [-0.05, 0) is 24.1 Å². The van der Waals surface area contributed by atoms with Crippen LogP contribution in [0.15, 0.2) is 24.3 Å². The Kier molecular flexibility index (Phi) is 3.97. The lowest BCUT2D eigenvalue weighted by Crippen LogP contribution is -2.48. The van der Waals surface area contributed by atoms with Crippen molar-refractivity contribution in [2.45, 2.75) is 12.8 Å². The van der Waals surface area contributed by atoms with Gasteiger partial charge in [0.25, 0.3) is 0 Å². The molecule has 1 heterocycles. The summed E-state index contributed by atoms with van der Waals surface area (Å²) >= 11 is 0. The molecule has 18 heavy (non-hydrogen) atoms. The van der Waals surface area contributed by atoms with Crippen LogP contribution in [0.5, 0.6) is 0 Å². The molecule has 1 aromatic rings. The van der Waals surface area contributed by atoms with Crippen molar-refractivity contribution in [3.8, 4) is 0 Å². The third kappa shape index (κ3) is 2.88. The van der Waals surface area contributed by atoms with E-state index in [9.17, 15) is 9.59 Å². The minimum absolute atomic E-state index is 0.159. The first-order chi connectivity index (χ1) is 8.70. The minimum atomic E-state index is 0.159. The highest BCUT2D eigenvalue weighted by molar-refractivity contribution is 5.82. The molecule has 0 spiro atoms. The lowest BCUT2D eigenvalue weighted by atomic mass is 10.1. The van der Waals surface area contributed by atoms with Gasteiger partial charge in [-0.25, -0.2) is 0 Å². The maximum Gasteiger partial charge on any atom is 0.241 e. The van der Waals surface area contributed by atoms with Crippen LogP contribution in [0.4, 0.5) is 5.69 Å². The molecule has 96 valence electrons. The summed E-state index contributed by atoms with van der Waals surface area (Å²) in [4.78, 5) is 25.8. The molecule has 1 aromatic carbocycles. The Labute approximate surface area is 107 Å². The number of anilines is 1. The molecule has 0 aromatic heterocycles. The number of aryl methyl sites for hydroxylation is 1. The number of rotatable bonds is 4. The summed E-state index contributed by atoms with van der Waals surface area (Å²) in [5.41, 5.74) is 2.23. The molecule has 1 fully saturated rings. The summed E-state index contributed by atoms with van der Waals surface area (Å²) < 4.78 is 0. The van der Waals surface area contributed by atoms with Crippen molar-refractivity contribution in [1.82, 2.24) is 4.90 Å². The van der Waals surface area contributed by atoms with Gasteiger partial charge in [0.15, 0.2) is 0 Å². The molecule has 1 aliphatic rings. The molecule has 0 unspecified atom stereocenters. The summed E-state index contributed by atoms with van der Waals surface area (Å²) in [6, 6.07) is 8.11. The Balaban J connectivity index is 2.01. The Morgan fingerprint density at radius 3 is 2.56 bits per heavy atom. The predicted molar refractivity (Wildman–Crippen MR) is 70.7 cm³/mol. The van der Waals surface area contributed by atoms with Crippen molar-refractivity contribution in [3.63, 3.8) is 0 Å². The molecule has 1 amide bonds. The predicted octanol–water partition coefficient (Wildman–Crippen LogP) is 1.10. The van der Waals surface area contributed by atoms with Gasteiger partial charge in [0.2, 0.25) is 5.91 Å². The summed E-state index contributed by atoms with van der Waals surface area (Å²) in [5, 5.41) is 0. The van der Waals surface area contributed by atoms with E-state index in [1.165, 1.54) is 0 Å². The molecular weight excluding hydrogens is 228 g/mol. The fourth-order valence-electron chi connectivity index (χ4n) is 2.08. The fraction of sp³-hybridized carbons (Fsp3) is 0.429. The molecule has 0 atom stereocenters. The van der Waals surface area contributed by atoms with E-state index in [1.807, 2.05) is 31.3 Å². The zero-order chi connectivity index (χ0) is 13.0. The summed E-state index contributed by atoms with van der Waals surface area (Å²) in [6.07, 6.45) is 2.28. The Morgan fingerprint density at radius 1 is 1.22 bits per heavy atom. The van der Waals surface area contributed by atoms with Crippen LogP contribution in [0.3, 0.4) is 0 Å². The van der Waals surface area contributed by atoms with Gasteiger partial charge in [-0.3, -0.25) is 4.79 Å². The molecule has 0 aliphatic carbocycles. The van der Waals surface area contributed by atoms with E-state index in [-0.39, 0.29) is 5.91 Å². The van der Waals surface area contributed by atoms with Gasteiger partial charge in [-0.15, -0.1) is 0 Å². The summed E-state index contributed by atoms with van der Waals surface area (Å²) in [7, 11) is 1.84. The second-order valence-electron chi connectivity index (χ2n) is 4.61. The summed E-state index contributed by atoms with van der Waals surface area (Å²) in [5.74, 6) is 0.159. The summed E-state index contributed by atoms with van der Waals surface area (Å²) in [6.45, 7) is 2.09. The first-order valence-electron chi connectivity index (χ1n) is 6.22. The SMILES string of the molecule is CN1CCN(c2ccc(CCC=O)cc2)CC1=O. The van der Waals surface area contributed by atoms with E-state index in [1.54, 1.807) is 4.90 Å². The highest BCUT2D eigenvalue weighted by Gasteiger charge is 2.20. The number of benzene rings is 1. The number of likely N-dealkylation sites (N-methyl/N-ethyl adjacent to an activating group) is 1. The van der Waals surface area contributed by atoms with Gasteiger partial charge in [-0.2, -0.15) is 0 Å². The normalized spacial score (nSPS) is 15.9. The number of amides is 1. The van der Waals surface area contributed by atoms with Crippen LogP contribution in [0.25, 0.3) is 0 Å². The number of carbonyl (C=O) groups is 2. The molecule has 0 bridgehead atoms.